The quantitative estimate of drug-likeness (QED) is 0.640. The molecule has 0 aliphatic rings. The van der Waals surface area contributed by atoms with Crippen LogP contribution in [0.1, 0.15) is 24.0 Å². The van der Waals surface area contributed by atoms with Crippen LogP contribution in [0.2, 0.25) is 0 Å². The van der Waals surface area contributed by atoms with E-state index in [0.29, 0.717) is 0 Å². The summed E-state index contributed by atoms with van der Waals surface area (Å²) >= 11 is 0. The van der Waals surface area contributed by atoms with Gasteiger partial charge in [0.1, 0.15) is 0 Å². The zero-order valence-corrected chi connectivity index (χ0v) is 16.6. The van der Waals surface area contributed by atoms with E-state index in [0.717, 1.165) is 8.97 Å². The van der Waals surface area contributed by atoms with Gasteiger partial charge in [0.25, 0.3) is 0 Å². The average Bonchev–Trinajstić information content (AvgIpc) is 2.44. The number of hydrogen-bond donors (Lipinski definition) is 0. The molecule has 0 atom stereocenters. The maximum Gasteiger partial charge on any atom is 0.0783 e. The minimum Gasteiger partial charge on any atom is -0.331 e. The number of hydrogen-bond acceptors (Lipinski definition) is 0. The van der Waals surface area contributed by atoms with E-state index in [2.05, 4.69) is 78.7 Å². The lowest BCUT2D eigenvalue weighted by Crippen LogP contribution is -2.35. The molecule has 0 aliphatic heterocycles. The van der Waals surface area contributed by atoms with E-state index in [-0.39, 0.29) is 0 Å². The second-order valence-corrected chi connectivity index (χ2v) is 9.25. The summed E-state index contributed by atoms with van der Waals surface area (Å²) in [6, 6.07) is 14.0. The van der Waals surface area contributed by atoms with Crippen molar-refractivity contribution >= 4 is 10.8 Å². The minimum absolute atomic E-state index is 1.05. The lowest BCUT2D eigenvalue weighted by Gasteiger charge is -2.23. The molecular formula is C22H36N2+2. The van der Waals surface area contributed by atoms with Gasteiger partial charge in [-0.2, -0.15) is 0 Å². The fraction of sp³-hybridized carbons (Fsp3) is 0.545. The summed E-state index contributed by atoms with van der Waals surface area (Å²) in [7, 11) is 13.6. The first-order valence-corrected chi connectivity index (χ1v) is 9.25. The standard InChI is InChI=1S/C22H36N2/c1-23(2,3)15-7-9-19-11-13-22-18-20(12-14-21(22)17-19)10-8-16-24(4,5)6/h11-14,17-18H,7-10,15-16H2,1-6H3/q+2. The average molecular weight is 329 g/mol. The van der Waals surface area contributed by atoms with Crippen molar-refractivity contribution in [3.8, 4) is 0 Å². The molecule has 0 fully saturated rings. The highest BCUT2D eigenvalue weighted by molar-refractivity contribution is 5.83. The number of benzene rings is 2. The molecule has 2 aromatic carbocycles. The SMILES string of the molecule is C[N+](C)(C)CCCc1ccc2cc(CCC[N+](C)(C)C)ccc2c1. The van der Waals surface area contributed by atoms with Crippen molar-refractivity contribution < 1.29 is 8.97 Å². The smallest absolute Gasteiger partial charge is 0.0783 e. The Bertz CT molecular complexity index is 600. The topological polar surface area (TPSA) is 0 Å². The van der Waals surface area contributed by atoms with Crippen LogP contribution >= 0.6 is 0 Å². The van der Waals surface area contributed by atoms with E-state index >= 15 is 0 Å². The minimum atomic E-state index is 1.05. The molecule has 0 bridgehead atoms. The van der Waals surface area contributed by atoms with Crippen molar-refractivity contribution in [3.05, 3.63) is 47.5 Å². The molecule has 0 heterocycles. The van der Waals surface area contributed by atoms with E-state index in [1.165, 1.54) is 60.7 Å². The van der Waals surface area contributed by atoms with Crippen LogP contribution in [0, 0.1) is 0 Å². The van der Waals surface area contributed by atoms with E-state index in [4.69, 9.17) is 0 Å². The van der Waals surface area contributed by atoms with E-state index in [9.17, 15) is 0 Å². The van der Waals surface area contributed by atoms with Crippen molar-refractivity contribution in [2.45, 2.75) is 25.7 Å². The monoisotopic (exact) mass is 328 g/mol. The highest BCUT2D eigenvalue weighted by atomic mass is 15.3. The molecule has 0 amide bonds. The summed E-state index contributed by atoms with van der Waals surface area (Å²) in [6.45, 7) is 2.45. The third-order valence-electron chi connectivity index (χ3n) is 4.56. The Morgan fingerprint density at radius 2 is 0.958 bits per heavy atom. The highest BCUT2D eigenvalue weighted by Crippen LogP contribution is 2.20. The van der Waals surface area contributed by atoms with E-state index in [1.54, 1.807) is 0 Å². The molecule has 24 heavy (non-hydrogen) atoms. The number of nitrogens with zero attached hydrogens (tertiary/aromatic N) is 2. The zero-order valence-electron chi connectivity index (χ0n) is 16.6. The third-order valence-corrected chi connectivity index (χ3v) is 4.56. The fourth-order valence-electron chi connectivity index (χ4n) is 3.17. The third kappa shape index (κ3) is 6.62. The maximum absolute atomic E-state index is 2.38. The van der Waals surface area contributed by atoms with Crippen molar-refractivity contribution in [1.82, 2.24) is 0 Å². The molecule has 0 aliphatic carbocycles. The normalized spacial score (nSPS) is 12.8. The van der Waals surface area contributed by atoms with Gasteiger partial charge in [-0.05, 0) is 34.7 Å². The summed E-state index contributed by atoms with van der Waals surface area (Å²) in [5, 5.41) is 2.77. The first-order chi connectivity index (χ1) is 11.1. The second-order valence-electron chi connectivity index (χ2n) is 9.25. The summed E-state index contributed by atoms with van der Waals surface area (Å²) < 4.78 is 2.09. The van der Waals surface area contributed by atoms with Gasteiger partial charge >= 0.3 is 0 Å². The predicted octanol–water partition coefficient (Wildman–Crippen LogP) is 4.12. The number of rotatable bonds is 8. The molecule has 132 valence electrons. The lowest BCUT2D eigenvalue weighted by molar-refractivity contribution is -0.870. The Morgan fingerprint density at radius 3 is 1.29 bits per heavy atom. The van der Waals surface area contributed by atoms with Crippen LogP contribution < -0.4 is 0 Å². The lowest BCUT2D eigenvalue weighted by atomic mass is 10.00. The van der Waals surface area contributed by atoms with Crippen LogP contribution in [-0.4, -0.2) is 64.3 Å². The molecule has 0 spiro atoms. The van der Waals surface area contributed by atoms with Gasteiger partial charge in [-0.3, -0.25) is 0 Å². The summed E-state index contributed by atoms with van der Waals surface area (Å²) in [5.41, 5.74) is 2.93. The van der Waals surface area contributed by atoms with Gasteiger partial charge in [0.05, 0.1) is 55.4 Å². The summed E-state index contributed by atoms with van der Waals surface area (Å²) in [6.07, 6.45) is 4.85. The molecule has 2 aromatic rings. The van der Waals surface area contributed by atoms with Crippen molar-refractivity contribution in [1.29, 1.82) is 0 Å². The van der Waals surface area contributed by atoms with Gasteiger partial charge < -0.3 is 8.97 Å². The predicted molar refractivity (Wildman–Crippen MR) is 106 cm³/mol. The number of fused-ring (bicyclic) bond motifs is 1. The van der Waals surface area contributed by atoms with E-state index in [1.807, 2.05) is 0 Å². The van der Waals surface area contributed by atoms with Gasteiger partial charge in [-0.1, -0.05) is 36.4 Å². The molecule has 2 rings (SSSR count). The van der Waals surface area contributed by atoms with Crippen LogP contribution in [0.15, 0.2) is 36.4 Å². The van der Waals surface area contributed by atoms with Crippen molar-refractivity contribution in [2.75, 3.05) is 55.4 Å². The zero-order chi connectivity index (χ0) is 17.8. The molecular weight excluding hydrogens is 292 g/mol. The van der Waals surface area contributed by atoms with Crippen LogP contribution in [0.5, 0.6) is 0 Å². The first-order valence-electron chi connectivity index (χ1n) is 9.25. The molecule has 0 unspecified atom stereocenters. The Kier molecular flexibility index (Phi) is 6.06. The molecule has 2 heteroatoms. The Hall–Kier alpha value is -1.38. The second kappa shape index (κ2) is 7.67. The maximum atomic E-state index is 2.38. The first kappa shape index (κ1) is 19.0. The van der Waals surface area contributed by atoms with Gasteiger partial charge in [0.15, 0.2) is 0 Å². The highest BCUT2D eigenvalue weighted by Gasteiger charge is 2.08. The Morgan fingerprint density at radius 1 is 0.583 bits per heavy atom. The van der Waals surface area contributed by atoms with Gasteiger partial charge in [0, 0.05) is 12.8 Å². The Labute approximate surface area is 148 Å². The van der Waals surface area contributed by atoms with Crippen LogP contribution in [0.4, 0.5) is 0 Å². The van der Waals surface area contributed by atoms with Crippen molar-refractivity contribution in [3.63, 3.8) is 0 Å². The van der Waals surface area contributed by atoms with Crippen molar-refractivity contribution in [2.24, 2.45) is 0 Å². The molecule has 0 saturated heterocycles. The fourth-order valence-corrected chi connectivity index (χ4v) is 3.17. The number of aryl methyl sites for hydroxylation is 2. The van der Waals surface area contributed by atoms with E-state index < -0.39 is 0 Å². The van der Waals surface area contributed by atoms with Crippen LogP contribution in [0.3, 0.4) is 0 Å². The van der Waals surface area contributed by atoms with Gasteiger partial charge in [-0.25, -0.2) is 0 Å². The molecule has 0 radical (unpaired) electrons. The summed E-state index contributed by atoms with van der Waals surface area (Å²) in [5.74, 6) is 0. The summed E-state index contributed by atoms with van der Waals surface area (Å²) in [4.78, 5) is 0. The molecule has 0 N–H and O–H groups in total. The Balaban J connectivity index is 1.97. The van der Waals surface area contributed by atoms with Crippen LogP contribution in [0.25, 0.3) is 10.8 Å². The molecule has 0 aromatic heterocycles. The molecule has 2 nitrogen and oxygen atoms in total. The number of quaternary nitrogens is 2. The van der Waals surface area contributed by atoms with Crippen LogP contribution in [-0.2, 0) is 12.8 Å². The van der Waals surface area contributed by atoms with Gasteiger partial charge in [0.2, 0.25) is 0 Å². The molecule has 0 saturated carbocycles. The largest absolute Gasteiger partial charge is 0.331 e. The van der Waals surface area contributed by atoms with Gasteiger partial charge in [-0.15, -0.1) is 0 Å².